The van der Waals surface area contributed by atoms with E-state index in [2.05, 4.69) is 9.97 Å². The van der Waals surface area contributed by atoms with Crippen LogP contribution < -0.4 is 0 Å². The maximum absolute atomic E-state index is 10.7. The molecule has 0 spiro atoms. The van der Waals surface area contributed by atoms with Crippen LogP contribution in [-0.4, -0.2) is 9.97 Å². The minimum atomic E-state index is -10.7. The predicted octanol–water partition coefficient (Wildman–Crippen LogP) is 7.17. The number of aromatic nitrogens is 2. The molecule has 1 radical (unpaired) electrons. The van der Waals surface area contributed by atoms with Gasteiger partial charge in [-0.05, 0) is 0 Å². The average molecular weight is 422 g/mol. The van der Waals surface area contributed by atoms with Gasteiger partial charge in [-0.1, -0.05) is 0 Å². The number of nitrogens with zero attached hydrogens (tertiary/aromatic N) is 1. The molecule has 1 aromatic rings. The van der Waals surface area contributed by atoms with Gasteiger partial charge in [0.05, 0.1) is 6.33 Å². The van der Waals surface area contributed by atoms with Crippen LogP contribution in [-0.2, 0) is 17.1 Å². The minimum Gasteiger partial charge on any atom is -0.351 e. The van der Waals surface area contributed by atoms with E-state index in [1.54, 1.807) is 18.7 Å². The van der Waals surface area contributed by atoms with E-state index in [1.807, 2.05) is 0 Å². The Hall–Kier alpha value is -0.251. The largest absolute Gasteiger partial charge is 2.00 e. The molecular weight excluding hydrogens is 418 g/mol. The number of aromatic amines is 1. The van der Waals surface area contributed by atoms with Gasteiger partial charge in [-0.25, -0.2) is 4.98 Å². The number of H-pyrrole nitrogens is 1. The second-order valence-corrected chi connectivity index (χ2v) is 6.51. The van der Waals surface area contributed by atoms with Gasteiger partial charge in [0.1, 0.15) is 0 Å². The molecule has 0 aliphatic carbocycles. The van der Waals surface area contributed by atoms with Gasteiger partial charge in [-0.2, -0.15) is 0 Å². The quantitative estimate of drug-likeness (QED) is 0.268. The van der Waals surface area contributed by atoms with Gasteiger partial charge in [0.15, 0.2) is 0 Å². The van der Waals surface area contributed by atoms with Crippen molar-refractivity contribution in [2.45, 2.75) is 0 Å². The molecule has 0 aliphatic heterocycles. The van der Waals surface area contributed by atoms with Crippen molar-refractivity contribution < 1.29 is 67.4 Å². The van der Waals surface area contributed by atoms with Gasteiger partial charge in [-0.3, -0.25) is 0 Å². The molecule has 0 unspecified atom stereocenters. The van der Waals surface area contributed by atoms with E-state index >= 15 is 0 Å². The topological polar surface area (TPSA) is 28.7 Å². The van der Waals surface area contributed by atoms with Gasteiger partial charge in [0, 0.05) is 12.4 Å². The molecular formula is C3H4CuF12N2P2. The van der Waals surface area contributed by atoms with Crippen LogP contribution in [0, 0.1) is 0 Å². The Morgan fingerprint density at radius 2 is 0.900 bits per heavy atom. The van der Waals surface area contributed by atoms with E-state index < -0.39 is 15.6 Å². The zero-order valence-corrected chi connectivity index (χ0v) is 11.1. The third kappa shape index (κ3) is 221. The van der Waals surface area contributed by atoms with Gasteiger partial charge < -0.3 is 4.98 Å². The van der Waals surface area contributed by atoms with Gasteiger partial charge in [0.2, 0.25) is 0 Å². The van der Waals surface area contributed by atoms with Crippen LogP contribution in [0.25, 0.3) is 0 Å². The van der Waals surface area contributed by atoms with Crippen molar-refractivity contribution >= 4 is 15.6 Å². The predicted molar refractivity (Wildman–Crippen MR) is 45.7 cm³/mol. The SMILES string of the molecule is F[P-](F)(F)(F)(F)F.F[P-](F)(F)(F)(F)F.[Cu+2].c1c[nH]cn1. The average Bonchev–Trinajstić information content (AvgIpc) is 2.18. The first-order valence-electron chi connectivity index (χ1n) is 3.46. The van der Waals surface area contributed by atoms with Crippen LogP contribution in [0.4, 0.5) is 50.4 Å². The Bertz CT molecular complexity index is 315. The Morgan fingerprint density at radius 3 is 0.950 bits per heavy atom. The second-order valence-electron chi connectivity index (χ2n) is 2.68. The van der Waals surface area contributed by atoms with Gasteiger partial charge >= 0.3 is 83.0 Å². The van der Waals surface area contributed by atoms with Crippen molar-refractivity contribution in [3.63, 3.8) is 0 Å². The molecule has 131 valence electrons. The van der Waals surface area contributed by atoms with Crippen molar-refractivity contribution in [1.82, 2.24) is 9.97 Å². The summed E-state index contributed by atoms with van der Waals surface area (Å²) in [4.78, 5) is 6.42. The summed E-state index contributed by atoms with van der Waals surface area (Å²) in [6.45, 7) is 0. The fourth-order valence-electron chi connectivity index (χ4n) is 0.215. The summed E-state index contributed by atoms with van der Waals surface area (Å²) in [7, 11) is -21.3. The van der Waals surface area contributed by atoms with E-state index in [0.717, 1.165) is 0 Å². The summed E-state index contributed by atoms with van der Waals surface area (Å²) < 4.78 is 118. The molecule has 0 atom stereocenters. The smallest absolute Gasteiger partial charge is 0.351 e. The van der Waals surface area contributed by atoms with Crippen molar-refractivity contribution in [2.24, 2.45) is 0 Å². The van der Waals surface area contributed by atoms with Gasteiger partial charge in [0.25, 0.3) is 0 Å². The number of hydrogen-bond acceptors (Lipinski definition) is 1. The normalized spacial score (nSPS) is 18.2. The van der Waals surface area contributed by atoms with Crippen LogP contribution in [0.3, 0.4) is 0 Å². The van der Waals surface area contributed by atoms with Crippen molar-refractivity contribution in [3.05, 3.63) is 18.7 Å². The van der Waals surface area contributed by atoms with Crippen LogP contribution in [0.5, 0.6) is 0 Å². The summed E-state index contributed by atoms with van der Waals surface area (Å²) >= 11 is 0. The fourth-order valence-corrected chi connectivity index (χ4v) is 0.215. The maximum Gasteiger partial charge on any atom is 2.00 e. The molecule has 0 fully saturated rings. The van der Waals surface area contributed by atoms with E-state index in [4.69, 9.17) is 0 Å². The molecule has 20 heavy (non-hydrogen) atoms. The molecule has 1 rings (SSSR count). The standard InChI is InChI=1S/C3H4N2.Cu.2F6P/c1-2-5-3-4-1;;2*1-7(2,3,4,5)6/h1-3H,(H,4,5);;;/q;+2;2*-1. The van der Waals surface area contributed by atoms with E-state index in [1.165, 1.54) is 0 Å². The summed E-state index contributed by atoms with van der Waals surface area (Å²) in [6, 6.07) is 0. The molecule has 0 amide bonds. The Balaban J connectivity index is -0.000000214. The number of nitrogens with one attached hydrogen (secondary N) is 1. The Labute approximate surface area is 112 Å². The molecule has 1 aromatic heterocycles. The van der Waals surface area contributed by atoms with Gasteiger partial charge in [-0.15, -0.1) is 0 Å². The summed E-state index contributed by atoms with van der Waals surface area (Å²) in [5, 5.41) is 0. The molecule has 17 heteroatoms. The number of imidazole rings is 1. The molecule has 1 heterocycles. The van der Waals surface area contributed by atoms with Crippen molar-refractivity contribution in [3.8, 4) is 0 Å². The molecule has 0 saturated carbocycles. The minimum absolute atomic E-state index is 0. The molecule has 0 aromatic carbocycles. The molecule has 0 bridgehead atoms. The van der Waals surface area contributed by atoms with Crippen LogP contribution in [0.1, 0.15) is 0 Å². The zero-order chi connectivity index (χ0) is 16.4. The van der Waals surface area contributed by atoms with E-state index in [-0.39, 0.29) is 17.1 Å². The van der Waals surface area contributed by atoms with E-state index in [0.29, 0.717) is 0 Å². The first kappa shape index (κ1) is 24.7. The fraction of sp³-hybridized carbons (Fsp3) is 0. The molecule has 1 N–H and O–H groups in total. The number of hydrogen-bond donors (Lipinski definition) is 1. The number of rotatable bonds is 0. The monoisotopic (exact) mass is 421 g/mol. The second kappa shape index (κ2) is 4.89. The number of halogens is 12. The van der Waals surface area contributed by atoms with Crippen molar-refractivity contribution in [1.29, 1.82) is 0 Å². The third-order valence-electron chi connectivity index (χ3n) is 0.406. The molecule has 0 aliphatic rings. The third-order valence-corrected chi connectivity index (χ3v) is 0.406. The first-order chi connectivity index (χ1) is 7.40. The first-order valence-corrected chi connectivity index (χ1v) is 7.51. The summed E-state index contributed by atoms with van der Waals surface area (Å²) in [5.74, 6) is 0. The van der Waals surface area contributed by atoms with Crippen LogP contribution in [0.2, 0.25) is 0 Å². The summed E-state index contributed by atoms with van der Waals surface area (Å²) in [6.07, 6.45) is 5.08. The van der Waals surface area contributed by atoms with Crippen LogP contribution in [0.15, 0.2) is 18.7 Å². The van der Waals surface area contributed by atoms with Crippen molar-refractivity contribution in [2.75, 3.05) is 0 Å². The Morgan fingerprint density at radius 1 is 0.650 bits per heavy atom. The van der Waals surface area contributed by atoms with Crippen LogP contribution >= 0.6 is 15.6 Å². The zero-order valence-electron chi connectivity index (χ0n) is 8.41. The molecule has 2 nitrogen and oxygen atoms in total. The maximum atomic E-state index is 9.87. The molecule has 0 saturated heterocycles. The Kier molecular flexibility index (Phi) is 6.05. The summed E-state index contributed by atoms with van der Waals surface area (Å²) in [5.41, 5.74) is 0. The van der Waals surface area contributed by atoms with E-state index in [9.17, 15) is 50.4 Å².